The third-order valence-corrected chi connectivity index (χ3v) is 7.26. The molecule has 3 rings (SSSR count). The first kappa shape index (κ1) is 25.0. The van der Waals surface area contributed by atoms with Gasteiger partial charge in [0.25, 0.3) is 0 Å². The van der Waals surface area contributed by atoms with Crippen LogP contribution in [0.15, 0.2) is 36.4 Å². The van der Waals surface area contributed by atoms with E-state index in [4.69, 9.17) is 9.47 Å². The fraction of sp³-hybridized carbons (Fsp3) is 0.690. The monoisotopic (exact) mass is 440 g/mol. The van der Waals surface area contributed by atoms with Crippen LogP contribution in [0.1, 0.15) is 96.5 Å². The second-order valence-electron chi connectivity index (χ2n) is 9.93. The summed E-state index contributed by atoms with van der Waals surface area (Å²) in [4.78, 5) is 12.6. The zero-order valence-corrected chi connectivity index (χ0v) is 20.4. The number of unbranched alkanes of at least 4 members (excludes halogenated alkanes) is 2. The molecule has 0 N–H and O–H groups in total. The maximum atomic E-state index is 12.6. The predicted octanol–water partition coefficient (Wildman–Crippen LogP) is 7.67. The largest absolute Gasteiger partial charge is 0.426 e. The Morgan fingerprint density at radius 1 is 0.844 bits per heavy atom. The Morgan fingerprint density at radius 2 is 1.47 bits per heavy atom. The molecule has 2 aliphatic carbocycles. The molecule has 0 aromatic heterocycles. The van der Waals surface area contributed by atoms with Crippen LogP contribution in [-0.2, 0) is 16.0 Å². The van der Waals surface area contributed by atoms with Gasteiger partial charge in [-0.1, -0.05) is 57.4 Å². The van der Waals surface area contributed by atoms with Gasteiger partial charge < -0.3 is 9.47 Å². The Balaban J connectivity index is 1.32. The summed E-state index contributed by atoms with van der Waals surface area (Å²) in [7, 11) is 0. The Bertz CT molecular complexity index is 677. The van der Waals surface area contributed by atoms with Gasteiger partial charge in [-0.15, -0.1) is 0 Å². The van der Waals surface area contributed by atoms with Crippen molar-refractivity contribution in [1.29, 1.82) is 0 Å². The molecule has 1 aromatic rings. The van der Waals surface area contributed by atoms with E-state index >= 15 is 0 Å². The van der Waals surface area contributed by atoms with Crippen molar-refractivity contribution < 1.29 is 14.3 Å². The van der Waals surface area contributed by atoms with E-state index in [1.807, 2.05) is 12.1 Å². The standard InChI is InChI=1S/C29H44O3/c1-3-5-6-22-31-27-18-12-25(13-19-27)9-8-24-10-16-26(17-11-24)29(30)32-28-20-14-23(7-4-2)15-21-28/h8-9,14-15,20-21,24-27H,3-7,10-13,16-19,22H2,1-2H3. The third kappa shape index (κ3) is 8.39. The molecular weight excluding hydrogens is 396 g/mol. The number of hydrogen-bond acceptors (Lipinski definition) is 3. The fourth-order valence-corrected chi connectivity index (χ4v) is 5.12. The Labute approximate surface area is 196 Å². The molecule has 2 saturated carbocycles. The lowest BCUT2D eigenvalue weighted by Gasteiger charge is -2.28. The number of allylic oxidation sites excluding steroid dienone is 2. The Kier molecular flexibility index (Phi) is 10.8. The van der Waals surface area contributed by atoms with Gasteiger partial charge in [0.1, 0.15) is 5.75 Å². The zero-order chi connectivity index (χ0) is 22.6. The first-order valence-corrected chi connectivity index (χ1v) is 13.3. The minimum Gasteiger partial charge on any atom is -0.426 e. The lowest BCUT2D eigenvalue weighted by Crippen LogP contribution is -2.25. The highest BCUT2D eigenvalue weighted by Crippen LogP contribution is 2.33. The minimum atomic E-state index is -0.0482. The summed E-state index contributed by atoms with van der Waals surface area (Å²) < 4.78 is 11.7. The molecule has 32 heavy (non-hydrogen) atoms. The quantitative estimate of drug-likeness (QED) is 0.153. The topological polar surface area (TPSA) is 35.5 Å². The molecule has 0 heterocycles. The summed E-state index contributed by atoms with van der Waals surface area (Å²) in [5.74, 6) is 2.02. The van der Waals surface area contributed by atoms with Crippen molar-refractivity contribution in [2.45, 2.75) is 103 Å². The maximum absolute atomic E-state index is 12.6. The lowest BCUT2D eigenvalue weighted by atomic mass is 9.80. The molecule has 3 nitrogen and oxygen atoms in total. The number of aryl methyl sites for hydroxylation is 1. The molecular formula is C29H44O3. The van der Waals surface area contributed by atoms with Gasteiger partial charge in [0.2, 0.25) is 0 Å². The molecule has 0 amide bonds. The van der Waals surface area contributed by atoms with Crippen molar-refractivity contribution in [3.63, 3.8) is 0 Å². The van der Waals surface area contributed by atoms with E-state index in [9.17, 15) is 4.79 Å². The highest BCUT2D eigenvalue weighted by molar-refractivity contribution is 5.75. The number of carbonyl (C=O) groups is 1. The summed E-state index contributed by atoms with van der Waals surface area (Å²) in [6.07, 6.45) is 20.4. The van der Waals surface area contributed by atoms with E-state index < -0.39 is 0 Å². The van der Waals surface area contributed by atoms with Crippen LogP contribution >= 0.6 is 0 Å². The molecule has 0 aliphatic heterocycles. The number of carbonyl (C=O) groups excluding carboxylic acids is 1. The van der Waals surface area contributed by atoms with Crippen LogP contribution < -0.4 is 4.74 Å². The van der Waals surface area contributed by atoms with E-state index in [1.165, 1.54) is 50.5 Å². The number of hydrogen-bond donors (Lipinski definition) is 0. The van der Waals surface area contributed by atoms with E-state index in [-0.39, 0.29) is 11.9 Å². The SMILES string of the molecule is CCCCCOC1CCC(C=CC2CCC(C(=O)Oc3ccc(CCC)cc3)CC2)CC1. The Morgan fingerprint density at radius 3 is 2.06 bits per heavy atom. The summed E-state index contributed by atoms with van der Waals surface area (Å²) in [6.45, 7) is 5.35. The average molecular weight is 441 g/mol. The van der Waals surface area contributed by atoms with Crippen LogP contribution in [0.3, 0.4) is 0 Å². The summed E-state index contributed by atoms with van der Waals surface area (Å²) in [5.41, 5.74) is 1.30. The number of rotatable bonds is 11. The van der Waals surface area contributed by atoms with Crippen LogP contribution in [-0.4, -0.2) is 18.7 Å². The van der Waals surface area contributed by atoms with Crippen molar-refractivity contribution in [2.75, 3.05) is 6.61 Å². The summed E-state index contributed by atoms with van der Waals surface area (Å²) in [6, 6.07) is 8.00. The number of ether oxygens (including phenoxy) is 2. The molecule has 0 bridgehead atoms. The van der Waals surface area contributed by atoms with Gasteiger partial charge in [-0.25, -0.2) is 0 Å². The van der Waals surface area contributed by atoms with Crippen molar-refractivity contribution in [3.05, 3.63) is 42.0 Å². The predicted molar refractivity (Wildman–Crippen MR) is 132 cm³/mol. The molecule has 178 valence electrons. The molecule has 3 heteroatoms. The van der Waals surface area contributed by atoms with Crippen molar-refractivity contribution in [1.82, 2.24) is 0 Å². The number of esters is 1. The molecule has 2 aliphatic rings. The van der Waals surface area contributed by atoms with E-state index in [2.05, 4.69) is 38.1 Å². The highest BCUT2D eigenvalue weighted by Gasteiger charge is 2.27. The lowest BCUT2D eigenvalue weighted by molar-refractivity contribution is -0.140. The molecule has 0 atom stereocenters. The Hall–Kier alpha value is -1.61. The normalized spacial score (nSPS) is 26.3. The summed E-state index contributed by atoms with van der Waals surface area (Å²) in [5, 5.41) is 0. The van der Waals surface area contributed by atoms with Gasteiger partial charge in [0.05, 0.1) is 12.0 Å². The smallest absolute Gasteiger partial charge is 0.314 e. The second kappa shape index (κ2) is 13.8. The zero-order valence-electron chi connectivity index (χ0n) is 20.4. The van der Waals surface area contributed by atoms with E-state index in [0.29, 0.717) is 23.7 Å². The molecule has 0 unspecified atom stereocenters. The molecule has 1 aromatic carbocycles. The van der Waals surface area contributed by atoms with Crippen molar-refractivity contribution >= 4 is 5.97 Å². The van der Waals surface area contributed by atoms with Gasteiger partial charge in [-0.3, -0.25) is 4.79 Å². The maximum Gasteiger partial charge on any atom is 0.314 e. The van der Waals surface area contributed by atoms with Crippen LogP contribution in [0, 0.1) is 17.8 Å². The highest BCUT2D eigenvalue weighted by atomic mass is 16.5. The summed E-state index contributed by atoms with van der Waals surface area (Å²) >= 11 is 0. The fourth-order valence-electron chi connectivity index (χ4n) is 5.12. The van der Waals surface area contributed by atoms with Crippen LogP contribution in [0.4, 0.5) is 0 Å². The van der Waals surface area contributed by atoms with Crippen molar-refractivity contribution in [3.8, 4) is 5.75 Å². The second-order valence-corrected chi connectivity index (χ2v) is 9.93. The first-order chi connectivity index (χ1) is 15.7. The first-order valence-electron chi connectivity index (χ1n) is 13.3. The third-order valence-electron chi connectivity index (χ3n) is 7.26. The molecule has 0 spiro atoms. The van der Waals surface area contributed by atoms with E-state index in [1.54, 1.807) is 0 Å². The molecule has 2 fully saturated rings. The van der Waals surface area contributed by atoms with Gasteiger partial charge in [0.15, 0.2) is 0 Å². The van der Waals surface area contributed by atoms with Crippen LogP contribution in [0.25, 0.3) is 0 Å². The van der Waals surface area contributed by atoms with Crippen molar-refractivity contribution in [2.24, 2.45) is 17.8 Å². The van der Waals surface area contributed by atoms with Gasteiger partial charge in [-0.05, 0) is 93.7 Å². The van der Waals surface area contributed by atoms with Gasteiger partial charge in [-0.2, -0.15) is 0 Å². The van der Waals surface area contributed by atoms with Gasteiger partial charge >= 0.3 is 5.97 Å². The molecule has 0 saturated heterocycles. The minimum absolute atomic E-state index is 0.0482. The van der Waals surface area contributed by atoms with E-state index in [0.717, 1.165) is 45.1 Å². The molecule has 0 radical (unpaired) electrons. The number of benzene rings is 1. The van der Waals surface area contributed by atoms with Crippen LogP contribution in [0.5, 0.6) is 5.75 Å². The average Bonchev–Trinajstić information content (AvgIpc) is 2.83. The van der Waals surface area contributed by atoms with Crippen LogP contribution in [0.2, 0.25) is 0 Å². The van der Waals surface area contributed by atoms with Gasteiger partial charge in [0, 0.05) is 6.61 Å².